The van der Waals surface area contributed by atoms with E-state index < -0.39 is 0 Å². The van der Waals surface area contributed by atoms with Gasteiger partial charge in [0.15, 0.2) is 0 Å². The molecule has 0 saturated carbocycles. The van der Waals surface area contributed by atoms with Crippen LogP contribution in [0.3, 0.4) is 0 Å². The van der Waals surface area contributed by atoms with Crippen LogP contribution in [0.4, 0.5) is 0 Å². The fraction of sp³-hybridized carbons (Fsp3) is 0.600. The van der Waals surface area contributed by atoms with Crippen molar-refractivity contribution in [3.8, 4) is 0 Å². The molecule has 0 atom stereocenters. The van der Waals surface area contributed by atoms with Gasteiger partial charge in [0.1, 0.15) is 6.34 Å². The van der Waals surface area contributed by atoms with E-state index in [2.05, 4.69) is 10.1 Å². The van der Waals surface area contributed by atoms with Gasteiger partial charge in [0.25, 0.3) is 0 Å². The molecule has 0 aromatic rings. The Bertz CT molecular complexity index is 117. The molecule has 0 fully saturated rings. The highest BCUT2D eigenvalue weighted by Gasteiger charge is 1.99. The van der Waals surface area contributed by atoms with Gasteiger partial charge in [-0.05, 0) is 6.92 Å². The van der Waals surface area contributed by atoms with Crippen molar-refractivity contribution in [1.29, 1.82) is 0 Å². The largest absolute Gasteiger partial charge is 0.272 e. The maximum Gasteiger partial charge on any atom is 0.106 e. The van der Waals surface area contributed by atoms with E-state index in [1.54, 1.807) is 12.6 Å². The Morgan fingerprint density at radius 3 is 3.25 bits per heavy atom. The number of hydrogen-bond acceptors (Lipinski definition) is 3. The maximum atomic E-state index is 3.98. The van der Waals surface area contributed by atoms with E-state index in [-0.39, 0.29) is 0 Å². The van der Waals surface area contributed by atoms with Crippen LogP contribution >= 0.6 is 0 Å². The zero-order valence-electron chi connectivity index (χ0n) is 4.91. The first kappa shape index (κ1) is 5.28. The molecular weight excluding hydrogens is 102 g/mol. The van der Waals surface area contributed by atoms with E-state index >= 15 is 0 Å². The topological polar surface area (TPSA) is 28.0 Å². The summed E-state index contributed by atoms with van der Waals surface area (Å²) in [4.78, 5) is 3.97. The van der Waals surface area contributed by atoms with Gasteiger partial charge < -0.3 is 0 Å². The highest BCUT2D eigenvalue weighted by atomic mass is 15.5. The van der Waals surface area contributed by atoms with Crippen LogP contribution in [0, 0.1) is 0 Å². The maximum absolute atomic E-state index is 3.98. The Kier molecular flexibility index (Phi) is 1.62. The predicted molar refractivity (Wildman–Crippen MR) is 34.2 cm³/mol. The monoisotopic (exact) mass is 111 g/mol. The molecule has 0 spiro atoms. The van der Waals surface area contributed by atoms with Crippen molar-refractivity contribution < 1.29 is 0 Å². The van der Waals surface area contributed by atoms with Crippen LogP contribution in [0.25, 0.3) is 0 Å². The van der Waals surface area contributed by atoms with E-state index in [9.17, 15) is 0 Å². The van der Waals surface area contributed by atoms with Crippen LogP contribution in [0.1, 0.15) is 6.92 Å². The summed E-state index contributed by atoms with van der Waals surface area (Å²) in [5.74, 6) is 0. The standard InChI is InChI=1S/C5H9N3/c1-2-7-8-4-3-6-5-8/h2,5H,3-4H2,1H3. The van der Waals surface area contributed by atoms with E-state index in [0.29, 0.717) is 0 Å². The lowest BCUT2D eigenvalue weighted by atomic mass is 10.7. The average Bonchev–Trinajstić information content (AvgIpc) is 2.19. The molecule has 0 N–H and O–H groups in total. The molecular formula is C5H9N3. The van der Waals surface area contributed by atoms with Gasteiger partial charge in [0.2, 0.25) is 0 Å². The van der Waals surface area contributed by atoms with Crippen molar-refractivity contribution in [3.63, 3.8) is 0 Å². The lowest BCUT2D eigenvalue weighted by molar-refractivity contribution is 0.503. The summed E-state index contributed by atoms with van der Waals surface area (Å²) in [6.07, 6.45) is 3.51. The third-order valence-corrected chi connectivity index (χ3v) is 0.937. The second-order valence-electron chi connectivity index (χ2n) is 1.56. The molecule has 0 aromatic heterocycles. The highest BCUT2D eigenvalue weighted by Crippen LogP contribution is 1.90. The number of nitrogens with zero attached hydrogens (tertiary/aromatic N) is 3. The number of rotatable bonds is 1. The smallest absolute Gasteiger partial charge is 0.106 e. The van der Waals surface area contributed by atoms with Gasteiger partial charge in [-0.2, -0.15) is 5.10 Å². The van der Waals surface area contributed by atoms with Crippen LogP contribution in [-0.4, -0.2) is 30.7 Å². The van der Waals surface area contributed by atoms with Crippen molar-refractivity contribution >= 4 is 12.6 Å². The molecule has 0 amide bonds. The van der Waals surface area contributed by atoms with Crippen molar-refractivity contribution in [2.75, 3.05) is 13.1 Å². The second-order valence-corrected chi connectivity index (χ2v) is 1.56. The molecule has 1 aliphatic heterocycles. The van der Waals surface area contributed by atoms with Gasteiger partial charge in [-0.3, -0.25) is 10.0 Å². The quantitative estimate of drug-likeness (QED) is 0.448. The number of hydrazone groups is 1. The summed E-state index contributed by atoms with van der Waals surface area (Å²) < 4.78 is 0. The highest BCUT2D eigenvalue weighted by molar-refractivity contribution is 5.60. The first-order valence-electron chi connectivity index (χ1n) is 2.68. The SMILES string of the molecule is CC=NN1C=NCC1. The molecule has 1 aliphatic rings. The molecule has 3 nitrogen and oxygen atoms in total. The van der Waals surface area contributed by atoms with Gasteiger partial charge in [-0.15, -0.1) is 0 Å². The molecule has 1 rings (SSSR count). The average molecular weight is 111 g/mol. The second kappa shape index (κ2) is 2.45. The third-order valence-electron chi connectivity index (χ3n) is 0.937. The fourth-order valence-corrected chi connectivity index (χ4v) is 0.606. The number of hydrogen-bond donors (Lipinski definition) is 0. The molecule has 8 heavy (non-hydrogen) atoms. The van der Waals surface area contributed by atoms with Crippen molar-refractivity contribution in [1.82, 2.24) is 5.01 Å². The molecule has 0 radical (unpaired) electrons. The minimum atomic E-state index is 0.886. The summed E-state index contributed by atoms with van der Waals surface area (Å²) in [6, 6.07) is 0. The minimum absolute atomic E-state index is 0.886. The summed E-state index contributed by atoms with van der Waals surface area (Å²) in [7, 11) is 0. The number of aliphatic imine (C=N–C) groups is 1. The van der Waals surface area contributed by atoms with Gasteiger partial charge in [-0.1, -0.05) is 0 Å². The molecule has 0 saturated heterocycles. The lowest BCUT2D eigenvalue weighted by Crippen LogP contribution is -2.11. The van der Waals surface area contributed by atoms with Crippen molar-refractivity contribution in [3.05, 3.63) is 0 Å². The Morgan fingerprint density at radius 1 is 1.88 bits per heavy atom. The van der Waals surface area contributed by atoms with Crippen LogP contribution in [0.5, 0.6) is 0 Å². The zero-order valence-corrected chi connectivity index (χ0v) is 4.91. The molecule has 3 heteroatoms. The summed E-state index contributed by atoms with van der Waals surface area (Å²) in [5, 5.41) is 5.80. The summed E-state index contributed by atoms with van der Waals surface area (Å²) in [5.41, 5.74) is 0. The first-order chi connectivity index (χ1) is 3.93. The Labute approximate surface area is 48.7 Å². The van der Waals surface area contributed by atoms with E-state index in [1.807, 2.05) is 11.9 Å². The normalized spacial score (nSPS) is 18.9. The van der Waals surface area contributed by atoms with Gasteiger partial charge in [0, 0.05) is 6.21 Å². The third kappa shape index (κ3) is 1.05. The van der Waals surface area contributed by atoms with Crippen LogP contribution in [0.2, 0.25) is 0 Å². The minimum Gasteiger partial charge on any atom is -0.272 e. The Balaban J connectivity index is 2.36. The Morgan fingerprint density at radius 2 is 2.75 bits per heavy atom. The van der Waals surface area contributed by atoms with Gasteiger partial charge in [-0.25, -0.2) is 0 Å². The first-order valence-corrected chi connectivity index (χ1v) is 2.68. The molecule has 0 bridgehead atoms. The van der Waals surface area contributed by atoms with E-state index in [4.69, 9.17) is 0 Å². The molecule has 0 unspecified atom stereocenters. The predicted octanol–water partition coefficient (Wildman–Crippen LogP) is 0.336. The molecule has 0 aliphatic carbocycles. The van der Waals surface area contributed by atoms with Gasteiger partial charge in [0.05, 0.1) is 13.1 Å². The van der Waals surface area contributed by atoms with Crippen LogP contribution in [0.15, 0.2) is 10.1 Å². The van der Waals surface area contributed by atoms with E-state index in [1.165, 1.54) is 0 Å². The summed E-state index contributed by atoms with van der Waals surface area (Å²) in [6.45, 7) is 3.72. The zero-order chi connectivity index (χ0) is 5.82. The van der Waals surface area contributed by atoms with Crippen LogP contribution < -0.4 is 0 Å². The Hall–Kier alpha value is -0.860. The molecule has 0 aromatic carbocycles. The van der Waals surface area contributed by atoms with Crippen LogP contribution in [-0.2, 0) is 0 Å². The molecule has 44 valence electrons. The van der Waals surface area contributed by atoms with Crippen molar-refractivity contribution in [2.45, 2.75) is 6.92 Å². The molecule has 1 heterocycles. The van der Waals surface area contributed by atoms with Gasteiger partial charge >= 0.3 is 0 Å². The summed E-state index contributed by atoms with van der Waals surface area (Å²) >= 11 is 0. The van der Waals surface area contributed by atoms with Crippen molar-refractivity contribution in [2.24, 2.45) is 10.1 Å². The fourth-order valence-electron chi connectivity index (χ4n) is 0.606. The lowest BCUT2D eigenvalue weighted by Gasteiger charge is -2.02. The van der Waals surface area contributed by atoms with E-state index in [0.717, 1.165) is 13.1 Å².